The van der Waals surface area contributed by atoms with Crippen LogP contribution in [0.4, 0.5) is 0 Å². The summed E-state index contributed by atoms with van der Waals surface area (Å²) >= 11 is 0. The first-order valence-electron chi connectivity index (χ1n) is 5.11. The average Bonchev–Trinajstić information content (AvgIpc) is 2.14. The second-order valence-electron chi connectivity index (χ2n) is 3.57. The quantitative estimate of drug-likeness (QED) is 0.370. The van der Waals surface area contributed by atoms with Gasteiger partial charge in [-0.3, -0.25) is 0 Å². The Morgan fingerprint density at radius 2 is 2.14 bits per heavy atom. The van der Waals surface area contributed by atoms with E-state index >= 15 is 0 Å². The number of allylic oxidation sites excluding steroid dienone is 1. The van der Waals surface area contributed by atoms with E-state index < -0.39 is 0 Å². The molecule has 0 aromatic heterocycles. The summed E-state index contributed by atoms with van der Waals surface area (Å²) in [6.07, 6.45) is 6.75. The van der Waals surface area contributed by atoms with Gasteiger partial charge in [-0.15, -0.1) is 0 Å². The molecule has 0 bridgehead atoms. The minimum atomic E-state index is -0.281. The fraction of sp³-hybridized carbons (Fsp3) is 0.583. The summed E-state index contributed by atoms with van der Waals surface area (Å²) in [7, 11) is 0. The highest BCUT2D eigenvalue weighted by Crippen LogP contribution is 2.07. The Morgan fingerprint density at radius 1 is 1.50 bits per heavy atom. The predicted octanol–water partition coefficient (Wildman–Crippen LogP) is 3.10. The van der Waals surface area contributed by atoms with Crippen molar-refractivity contribution in [2.24, 2.45) is 5.92 Å². The van der Waals surface area contributed by atoms with Crippen molar-refractivity contribution >= 4 is 5.97 Å². The van der Waals surface area contributed by atoms with Crippen molar-refractivity contribution in [1.82, 2.24) is 0 Å². The first-order chi connectivity index (χ1) is 6.61. The highest BCUT2D eigenvalue weighted by atomic mass is 16.5. The zero-order chi connectivity index (χ0) is 11.0. The van der Waals surface area contributed by atoms with Gasteiger partial charge in [-0.2, -0.15) is 0 Å². The van der Waals surface area contributed by atoms with Crippen molar-refractivity contribution < 1.29 is 9.53 Å². The molecule has 0 saturated carbocycles. The highest BCUT2D eigenvalue weighted by Gasteiger charge is 2.12. The van der Waals surface area contributed by atoms with Crippen LogP contribution in [0.15, 0.2) is 24.8 Å². The fourth-order valence-corrected chi connectivity index (χ4v) is 0.976. The first-order valence-corrected chi connectivity index (χ1v) is 5.11. The summed E-state index contributed by atoms with van der Waals surface area (Å²) in [5, 5.41) is 0. The lowest BCUT2D eigenvalue weighted by Crippen LogP contribution is -2.19. The van der Waals surface area contributed by atoms with Crippen molar-refractivity contribution in [1.29, 1.82) is 0 Å². The van der Waals surface area contributed by atoms with Crippen molar-refractivity contribution in [3.8, 4) is 0 Å². The van der Waals surface area contributed by atoms with Gasteiger partial charge in [0.25, 0.3) is 0 Å². The Bertz CT molecular complexity index is 204. The van der Waals surface area contributed by atoms with Gasteiger partial charge in [-0.25, -0.2) is 4.79 Å². The largest absolute Gasteiger partial charge is 0.455 e. The van der Waals surface area contributed by atoms with Crippen LogP contribution in [0.3, 0.4) is 0 Å². The van der Waals surface area contributed by atoms with E-state index in [2.05, 4.69) is 13.5 Å². The maximum atomic E-state index is 11.2. The van der Waals surface area contributed by atoms with Crippen molar-refractivity contribution in [3.63, 3.8) is 0 Å². The molecule has 0 rings (SSSR count). The Kier molecular flexibility index (Phi) is 6.81. The van der Waals surface area contributed by atoms with E-state index in [1.54, 1.807) is 6.08 Å². The van der Waals surface area contributed by atoms with Crippen LogP contribution in [-0.2, 0) is 9.53 Å². The molecule has 0 aromatic carbocycles. The van der Waals surface area contributed by atoms with Crippen LogP contribution in [0.1, 0.15) is 33.6 Å². The molecule has 14 heavy (non-hydrogen) atoms. The minimum Gasteiger partial charge on any atom is -0.455 e. The van der Waals surface area contributed by atoms with Crippen molar-refractivity contribution in [2.45, 2.75) is 39.7 Å². The first kappa shape index (κ1) is 12.9. The minimum absolute atomic E-state index is 0.186. The third-order valence-electron chi connectivity index (χ3n) is 1.85. The molecule has 0 heterocycles. The molecule has 0 aliphatic carbocycles. The average molecular weight is 196 g/mol. The Hall–Kier alpha value is -1.05. The predicted molar refractivity (Wildman–Crippen MR) is 59.0 cm³/mol. The van der Waals surface area contributed by atoms with E-state index in [0.717, 1.165) is 12.8 Å². The van der Waals surface area contributed by atoms with Gasteiger partial charge in [0, 0.05) is 6.08 Å². The fourth-order valence-electron chi connectivity index (χ4n) is 0.976. The molecule has 0 amide bonds. The van der Waals surface area contributed by atoms with Gasteiger partial charge >= 0.3 is 5.97 Å². The number of hydrogen-bond donors (Lipinski definition) is 0. The van der Waals surface area contributed by atoms with E-state index in [-0.39, 0.29) is 18.0 Å². The zero-order valence-electron chi connectivity index (χ0n) is 9.32. The summed E-state index contributed by atoms with van der Waals surface area (Å²) in [5.41, 5.74) is 0. The molecule has 0 spiro atoms. The molecule has 0 N–H and O–H groups in total. The molecular weight excluding hydrogens is 176 g/mol. The molecule has 80 valence electrons. The van der Waals surface area contributed by atoms with Crippen LogP contribution < -0.4 is 0 Å². The zero-order valence-corrected chi connectivity index (χ0v) is 9.32. The topological polar surface area (TPSA) is 26.3 Å². The number of carbonyl (C=O) groups is 1. The maximum absolute atomic E-state index is 11.2. The summed E-state index contributed by atoms with van der Waals surface area (Å²) in [6, 6.07) is 0. The number of carbonyl (C=O) groups excluding carboxylic acids is 1. The van der Waals surface area contributed by atoms with E-state index in [1.807, 2.05) is 19.9 Å². The summed E-state index contributed by atoms with van der Waals surface area (Å²) in [5.74, 6) is -0.00641. The Balaban J connectivity index is 3.97. The summed E-state index contributed by atoms with van der Waals surface area (Å²) in [4.78, 5) is 11.2. The molecule has 0 radical (unpaired) electrons. The Labute approximate surface area is 86.6 Å². The number of esters is 1. The van der Waals surface area contributed by atoms with Gasteiger partial charge in [0.15, 0.2) is 0 Å². The van der Waals surface area contributed by atoms with Crippen LogP contribution in [0.25, 0.3) is 0 Å². The number of rotatable bonds is 6. The number of unbranched alkanes of at least 4 members (excludes halogenated alkanes) is 1. The van der Waals surface area contributed by atoms with E-state index in [4.69, 9.17) is 4.74 Å². The third-order valence-corrected chi connectivity index (χ3v) is 1.85. The van der Waals surface area contributed by atoms with Crippen LogP contribution in [0.2, 0.25) is 0 Å². The van der Waals surface area contributed by atoms with Gasteiger partial charge in [-0.1, -0.05) is 45.9 Å². The van der Waals surface area contributed by atoms with Crippen LogP contribution in [0.5, 0.6) is 0 Å². The Morgan fingerprint density at radius 3 is 2.57 bits per heavy atom. The lowest BCUT2D eigenvalue weighted by Gasteiger charge is -2.15. The molecular formula is C12H20O2. The normalized spacial score (nSPS) is 13.1. The molecule has 0 aliphatic heterocycles. The van der Waals surface area contributed by atoms with Crippen LogP contribution >= 0.6 is 0 Å². The van der Waals surface area contributed by atoms with Crippen LogP contribution in [-0.4, -0.2) is 12.1 Å². The molecule has 0 aromatic rings. The van der Waals surface area contributed by atoms with Gasteiger partial charge in [0.2, 0.25) is 0 Å². The molecule has 1 atom stereocenters. The summed E-state index contributed by atoms with van der Waals surface area (Å²) < 4.78 is 5.16. The molecule has 2 nitrogen and oxygen atoms in total. The maximum Gasteiger partial charge on any atom is 0.331 e. The standard InChI is InChI=1S/C12H20O2/c1-5-7-8-9-12(13)14-11(6-2)10(3)4/h6,8-11H,2,5,7H2,1,3-4H3/b9-8-. The highest BCUT2D eigenvalue weighted by molar-refractivity contribution is 5.82. The SMILES string of the molecule is C=CC(OC(=O)/C=C\CCC)C(C)C. The van der Waals surface area contributed by atoms with E-state index in [9.17, 15) is 4.79 Å². The lowest BCUT2D eigenvalue weighted by atomic mass is 10.1. The van der Waals surface area contributed by atoms with E-state index in [1.165, 1.54) is 6.08 Å². The monoisotopic (exact) mass is 196 g/mol. The summed E-state index contributed by atoms with van der Waals surface area (Å²) in [6.45, 7) is 9.69. The van der Waals surface area contributed by atoms with Gasteiger partial charge in [0.1, 0.15) is 6.10 Å². The van der Waals surface area contributed by atoms with Crippen LogP contribution in [0, 0.1) is 5.92 Å². The number of hydrogen-bond acceptors (Lipinski definition) is 2. The van der Waals surface area contributed by atoms with Gasteiger partial charge < -0.3 is 4.74 Å². The second-order valence-corrected chi connectivity index (χ2v) is 3.57. The van der Waals surface area contributed by atoms with Gasteiger partial charge in [0.05, 0.1) is 0 Å². The smallest absolute Gasteiger partial charge is 0.331 e. The van der Waals surface area contributed by atoms with Crippen molar-refractivity contribution in [3.05, 3.63) is 24.8 Å². The molecule has 0 saturated heterocycles. The molecule has 1 unspecified atom stereocenters. The second kappa shape index (κ2) is 7.36. The molecule has 2 heteroatoms. The van der Waals surface area contributed by atoms with Crippen molar-refractivity contribution in [2.75, 3.05) is 0 Å². The third kappa shape index (κ3) is 5.57. The molecule has 0 fully saturated rings. The number of ether oxygens (including phenoxy) is 1. The van der Waals surface area contributed by atoms with Gasteiger partial charge in [-0.05, 0) is 12.3 Å². The van der Waals surface area contributed by atoms with E-state index in [0.29, 0.717) is 0 Å². The molecule has 0 aliphatic rings. The lowest BCUT2D eigenvalue weighted by molar-refractivity contribution is -0.142.